The van der Waals surface area contributed by atoms with Crippen LogP contribution >= 0.6 is 11.6 Å². The third-order valence-electron chi connectivity index (χ3n) is 4.88. The van der Waals surface area contributed by atoms with Crippen molar-refractivity contribution in [3.8, 4) is 0 Å². The lowest BCUT2D eigenvalue weighted by molar-refractivity contribution is -0.127. The molecule has 2 heterocycles. The van der Waals surface area contributed by atoms with Gasteiger partial charge in [0.25, 0.3) is 0 Å². The summed E-state index contributed by atoms with van der Waals surface area (Å²) in [5, 5.41) is 5.11. The molecule has 138 valence electrons. The number of carbonyl (C=O) groups excluding carboxylic acids is 1. The van der Waals surface area contributed by atoms with Gasteiger partial charge in [-0.25, -0.2) is 0 Å². The molecule has 0 atom stereocenters. The minimum absolute atomic E-state index is 0.0611. The standard InChI is InChI=1S/C20H25ClN4O/c1-3-25-16(2)17(14-22-25)8-9-20(26)24-12-10-23(11-13-24)15-18-6-4-5-7-19(18)21/h4-9,14H,3,10-13,15H2,1-2H3/b9-8+. The number of hydrogen-bond acceptors (Lipinski definition) is 3. The van der Waals surface area contributed by atoms with Crippen LogP contribution in [-0.4, -0.2) is 51.7 Å². The lowest BCUT2D eigenvalue weighted by Gasteiger charge is -2.34. The quantitative estimate of drug-likeness (QED) is 0.757. The summed E-state index contributed by atoms with van der Waals surface area (Å²) in [7, 11) is 0. The molecule has 0 unspecified atom stereocenters. The van der Waals surface area contributed by atoms with Gasteiger partial charge in [-0.1, -0.05) is 29.8 Å². The maximum Gasteiger partial charge on any atom is 0.246 e. The van der Waals surface area contributed by atoms with E-state index in [0.29, 0.717) is 0 Å². The SMILES string of the molecule is CCn1ncc(/C=C/C(=O)N2CCN(Cc3ccccc3Cl)CC2)c1C. The summed E-state index contributed by atoms with van der Waals surface area (Å²) in [6, 6.07) is 7.93. The topological polar surface area (TPSA) is 41.4 Å². The van der Waals surface area contributed by atoms with E-state index in [9.17, 15) is 4.79 Å². The molecule has 1 saturated heterocycles. The minimum atomic E-state index is 0.0611. The van der Waals surface area contributed by atoms with Gasteiger partial charge in [0.2, 0.25) is 5.91 Å². The van der Waals surface area contributed by atoms with E-state index in [2.05, 4.69) is 23.0 Å². The number of carbonyl (C=O) groups is 1. The Labute approximate surface area is 159 Å². The van der Waals surface area contributed by atoms with Gasteiger partial charge in [0.1, 0.15) is 0 Å². The fourth-order valence-corrected chi connectivity index (χ4v) is 3.40. The molecule has 1 aromatic heterocycles. The van der Waals surface area contributed by atoms with E-state index in [1.807, 2.05) is 47.0 Å². The number of halogens is 1. The van der Waals surface area contributed by atoms with Gasteiger partial charge in [0.15, 0.2) is 0 Å². The number of aromatic nitrogens is 2. The van der Waals surface area contributed by atoms with Crippen LogP contribution in [0.3, 0.4) is 0 Å². The molecule has 1 amide bonds. The first-order valence-corrected chi connectivity index (χ1v) is 9.41. The number of piperazine rings is 1. The van der Waals surface area contributed by atoms with Crippen molar-refractivity contribution in [2.45, 2.75) is 26.9 Å². The van der Waals surface area contributed by atoms with Crippen LogP contribution in [0.1, 0.15) is 23.7 Å². The second-order valence-corrected chi connectivity index (χ2v) is 6.93. The van der Waals surface area contributed by atoms with E-state index in [1.165, 1.54) is 0 Å². The lowest BCUT2D eigenvalue weighted by atomic mass is 10.2. The van der Waals surface area contributed by atoms with E-state index in [0.717, 1.165) is 61.1 Å². The van der Waals surface area contributed by atoms with E-state index in [1.54, 1.807) is 6.08 Å². The van der Waals surface area contributed by atoms with Crippen molar-refractivity contribution < 1.29 is 4.79 Å². The lowest BCUT2D eigenvalue weighted by Crippen LogP contribution is -2.47. The first kappa shape index (κ1) is 18.7. The van der Waals surface area contributed by atoms with E-state index >= 15 is 0 Å². The van der Waals surface area contributed by atoms with E-state index in [4.69, 9.17) is 11.6 Å². The Hall–Kier alpha value is -2.11. The normalized spacial score (nSPS) is 15.7. The molecule has 26 heavy (non-hydrogen) atoms. The van der Waals surface area contributed by atoms with Crippen LogP contribution in [0.2, 0.25) is 5.02 Å². The van der Waals surface area contributed by atoms with Crippen molar-refractivity contribution in [2.75, 3.05) is 26.2 Å². The van der Waals surface area contributed by atoms with Crippen molar-refractivity contribution in [3.05, 3.63) is 58.4 Å². The Morgan fingerprint density at radius 1 is 1.23 bits per heavy atom. The number of nitrogens with zero attached hydrogens (tertiary/aromatic N) is 4. The molecule has 0 spiro atoms. The third kappa shape index (κ3) is 4.34. The molecule has 3 rings (SSSR count). The molecule has 1 aromatic carbocycles. The van der Waals surface area contributed by atoms with Crippen LogP contribution in [0.4, 0.5) is 0 Å². The van der Waals surface area contributed by atoms with E-state index in [-0.39, 0.29) is 5.91 Å². The van der Waals surface area contributed by atoms with Gasteiger partial charge in [-0.2, -0.15) is 5.10 Å². The summed E-state index contributed by atoms with van der Waals surface area (Å²) in [6.45, 7) is 8.93. The van der Waals surface area contributed by atoms with Gasteiger partial charge in [-0.3, -0.25) is 14.4 Å². The zero-order valence-electron chi connectivity index (χ0n) is 15.4. The predicted molar refractivity (Wildman–Crippen MR) is 105 cm³/mol. The number of amides is 1. The summed E-state index contributed by atoms with van der Waals surface area (Å²) in [5.74, 6) is 0.0611. The highest BCUT2D eigenvalue weighted by molar-refractivity contribution is 6.31. The molecule has 2 aromatic rings. The van der Waals surface area contributed by atoms with Crippen LogP contribution in [-0.2, 0) is 17.9 Å². The molecule has 1 fully saturated rings. The van der Waals surface area contributed by atoms with Crippen molar-refractivity contribution >= 4 is 23.6 Å². The molecule has 1 aliphatic rings. The fraction of sp³-hybridized carbons (Fsp3) is 0.400. The number of aryl methyl sites for hydroxylation is 1. The summed E-state index contributed by atoms with van der Waals surface area (Å²) >= 11 is 6.24. The van der Waals surface area contributed by atoms with Gasteiger partial charge in [0, 0.05) is 61.6 Å². The molecule has 0 bridgehead atoms. The maximum absolute atomic E-state index is 12.5. The molecule has 0 saturated carbocycles. The Bertz CT molecular complexity index is 791. The van der Waals surface area contributed by atoms with Gasteiger partial charge >= 0.3 is 0 Å². The average Bonchev–Trinajstić information content (AvgIpc) is 3.02. The smallest absolute Gasteiger partial charge is 0.246 e. The van der Waals surface area contributed by atoms with Gasteiger partial charge in [0.05, 0.1) is 6.20 Å². The highest BCUT2D eigenvalue weighted by Crippen LogP contribution is 2.18. The Balaban J connectivity index is 1.52. The second-order valence-electron chi connectivity index (χ2n) is 6.53. The number of benzene rings is 1. The van der Waals surface area contributed by atoms with Crippen LogP contribution < -0.4 is 0 Å². The predicted octanol–water partition coefficient (Wildman–Crippen LogP) is 3.22. The first-order valence-electron chi connectivity index (χ1n) is 9.03. The van der Waals surface area contributed by atoms with Gasteiger partial charge < -0.3 is 4.90 Å². The zero-order chi connectivity index (χ0) is 18.5. The largest absolute Gasteiger partial charge is 0.337 e. The zero-order valence-corrected chi connectivity index (χ0v) is 16.1. The van der Waals surface area contributed by atoms with Crippen LogP contribution in [0.15, 0.2) is 36.5 Å². The molecule has 0 N–H and O–H groups in total. The Morgan fingerprint density at radius 3 is 2.62 bits per heavy atom. The minimum Gasteiger partial charge on any atom is -0.337 e. The fourth-order valence-electron chi connectivity index (χ4n) is 3.20. The Morgan fingerprint density at radius 2 is 1.96 bits per heavy atom. The van der Waals surface area contributed by atoms with Gasteiger partial charge in [-0.05, 0) is 31.6 Å². The second kappa shape index (κ2) is 8.52. The monoisotopic (exact) mass is 372 g/mol. The van der Waals surface area contributed by atoms with E-state index < -0.39 is 0 Å². The maximum atomic E-state index is 12.5. The van der Waals surface area contributed by atoms with Crippen molar-refractivity contribution in [2.24, 2.45) is 0 Å². The van der Waals surface area contributed by atoms with Crippen molar-refractivity contribution in [1.29, 1.82) is 0 Å². The third-order valence-corrected chi connectivity index (χ3v) is 5.25. The molecular formula is C20H25ClN4O. The summed E-state index contributed by atoms with van der Waals surface area (Å²) in [6.07, 6.45) is 5.34. The summed E-state index contributed by atoms with van der Waals surface area (Å²) in [4.78, 5) is 16.7. The molecule has 0 radical (unpaired) electrons. The average molecular weight is 373 g/mol. The number of rotatable bonds is 5. The van der Waals surface area contributed by atoms with Crippen molar-refractivity contribution in [1.82, 2.24) is 19.6 Å². The summed E-state index contributed by atoms with van der Waals surface area (Å²) in [5.41, 5.74) is 3.22. The van der Waals surface area contributed by atoms with Crippen LogP contribution in [0, 0.1) is 6.92 Å². The highest BCUT2D eigenvalue weighted by Gasteiger charge is 2.20. The summed E-state index contributed by atoms with van der Waals surface area (Å²) < 4.78 is 1.93. The molecular weight excluding hydrogens is 348 g/mol. The van der Waals surface area contributed by atoms with Crippen LogP contribution in [0.5, 0.6) is 0 Å². The molecule has 6 heteroatoms. The van der Waals surface area contributed by atoms with Gasteiger partial charge in [-0.15, -0.1) is 0 Å². The number of hydrogen-bond donors (Lipinski definition) is 0. The van der Waals surface area contributed by atoms with Crippen molar-refractivity contribution in [3.63, 3.8) is 0 Å². The molecule has 0 aliphatic carbocycles. The Kier molecular flexibility index (Phi) is 6.12. The highest BCUT2D eigenvalue weighted by atomic mass is 35.5. The molecule has 5 nitrogen and oxygen atoms in total. The first-order chi connectivity index (χ1) is 12.6. The molecule has 1 aliphatic heterocycles. The van der Waals surface area contributed by atoms with Crippen LogP contribution in [0.25, 0.3) is 6.08 Å².